The van der Waals surface area contributed by atoms with Crippen LogP contribution in [0.2, 0.25) is 103 Å². The van der Waals surface area contributed by atoms with E-state index in [1.165, 1.54) is 59.4 Å². The number of anilines is 2. The Morgan fingerprint density at radius 3 is 1.41 bits per heavy atom. The molecule has 8 aromatic rings. The minimum atomic E-state index is -1.13. The van der Waals surface area contributed by atoms with Gasteiger partial charge in [-0.15, -0.1) is 0 Å². The first-order valence-corrected chi connectivity index (χ1v) is 58.3. The number of hydrogen-bond donors (Lipinski definition) is 5. The molecule has 3 atom stereocenters. The monoisotopic (exact) mass is 1970 g/mol. The number of carbonyl (C=O) groups is 3. The first kappa shape index (κ1) is 105. The highest BCUT2D eigenvalue weighted by molar-refractivity contribution is 9.11. The van der Waals surface area contributed by atoms with Gasteiger partial charge in [0, 0.05) is 203 Å². The van der Waals surface area contributed by atoms with Crippen molar-refractivity contribution in [1.29, 1.82) is 0 Å². The van der Waals surface area contributed by atoms with Crippen molar-refractivity contribution in [3.05, 3.63) is 220 Å². The molecule has 12 rings (SSSR count). The quantitative estimate of drug-likeness (QED) is 0.0162. The summed E-state index contributed by atoms with van der Waals surface area (Å²) in [6.45, 7) is 41.4. The van der Waals surface area contributed by atoms with Crippen LogP contribution in [0, 0.1) is 17.8 Å². The van der Waals surface area contributed by atoms with Gasteiger partial charge in [0.05, 0.1) is 15.7 Å². The summed E-state index contributed by atoms with van der Waals surface area (Å²) in [5.41, 5.74) is 15.7. The van der Waals surface area contributed by atoms with Gasteiger partial charge in [0.25, 0.3) is 11.1 Å². The van der Waals surface area contributed by atoms with E-state index in [0.717, 1.165) is 97.3 Å². The van der Waals surface area contributed by atoms with Crippen molar-refractivity contribution >= 4 is 134 Å². The van der Waals surface area contributed by atoms with E-state index in [2.05, 4.69) is 167 Å². The van der Waals surface area contributed by atoms with Gasteiger partial charge in [-0.2, -0.15) is 13.2 Å². The lowest BCUT2D eigenvalue weighted by Gasteiger charge is -2.32. The van der Waals surface area contributed by atoms with Gasteiger partial charge in [-0.3, -0.25) is 37.9 Å². The number of piperidine rings is 3. The summed E-state index contributed by atoms with van der Waals surface area (Å²) in [6.07, 6.45) is 17.4. The molecule has 668 valence electrons. The Kier molecular flexibility index (Phi) is 44.4. The van der Waals surface area contributed by atoms with Crippen LogP contribution in [0.25, 0.3) is 11.1 Å². The fourth-order valence-electron chi connectivity index (χ4n) is 11.2. The van der Waals surface area contributed by atoms with Crippen molar-refractivity contribution in [3.8, 4) is 11.1 Å². The van der Waals surface area contributed by atoms with Gasteiger partial charge >= 0.3 is 7.12 Å². The molecule has 0 saturated carbocycles. The Morgan fingerprint density at radius 1 is 0.508 bits per heavy atom. The third-order valence-electron chi connectivity index (χ3n) is 19.7. The topological polar surface area (TPSA) is 327 Å². The number of hydrogen-bond acceptors (Lipinski definition) is 19. The number of carbonyl (C=O) groups excluding carboxylic acids is 3. The SMILES string of the molecule is CC1(C)OB(c2ccc(F)nc2)OC1(C)C.C[Si](C)(C)CCOCCl.C[Si](C)(C)CCOCN1CC(c2ccc(F)nc2)CCC1=O.C[Si](C)(C)CCOCn1cc(-c2ccc(F)nc2)ccc1=O.C[Si](C)(C)CCOCn1cc(Br)ccc1=O.Nc1ccc(C2CCC(=O)NC2)cn1.Nc1ncc(C2CCC(=O)NC2)cc1Br.O=c1ccc(Br)c[nH]1. The van der Waals surface area contributed by atoms with E-state index in [1.54, 1.807) is 89.1 Å². The van der Waals surface area contributed by atoms with E-state index in [9.17, 15) is 41.9 Å². The molecule has 0 aliphatic carbocycles. The summed E-state index contributed by atoms with van der Waals surface area (Å²) in [5, 5.41) is 5.70. The Bertz CT molecular complexity index is 4650. The van der Waals surface area contributed by atoms with Gasteiger partial charge in [0.15, 0.2) is 0 Å². The molecule has 0 spiro atoms. The number of likely N-dealkylation sites (tertiary alicyclic amines) is 1. The fourth-order valence-corrected chi connectivity index (χ4v) is 15.4. The molecule has 4 aliphatic heterocycles. The summed E-state index contributed by atoms with van der Waals surface area (Å²) < 4.78 is 77.5. The Morgan fingerprint density at radius 2 is 0.959 bits per heavy atom. The maximum atomic E-state index is 12.9. The molecule has 4 saturated heterocycles. The minimum Gasteiger partial charge on any atom is -0.399 e. The summed E-state index contributed by atoms with van der Waals surface area (Å²) in [7, 11) is -4.63. The van der Waals surface area contributed by atoms with Crippen molar-refractivity contribution in [2.45, 2.75) is 211 Å². The van der Waals surface area contributed by atoms with Crippen LogP contribution < -0.4 is 44.2 Å². The van der Waals surface area contributed by atoms with E-state index >= 15 is 0 Å². The van der Waals surface area contributed by atoms with Crippen LogP contribution >= 0.6 is 59.4 Å². The molecule has 0 radical (unpaired) electrons. The number of H-pyrrole nitrogens is 1. The zero-order valence-electron chi connectivity index (χ0n) is 73.2. The van der Waals surface area contributed by atoms with Crippen molar-refractivity contribution in [1.82, 2.24) is 54.6 Å². The van der Waals surface area contributed by atoms with Crippen LogP contribution in [0.1, 0.15) is 101 Å². The minimum absolute atomic E-state index is 0.0313. The average Bonchev–Trinajstić information content (AvgIpc) is 1.62. The molecule has 37 heteroatoms. The number of alkyl halides is 1. The zero-order chi connectivity index (χ0) is 90.6. The molecule has 3 amide bonds. The molecule has 3 unspecified atom stereocenters. The Balaban J connectivity index is 0.000000252. The maximum Gasteiger partial charge on any atom is 0.496 e. The van der Waals surface area contributed by atoms with Crippen LogP contribution in [0.3, 0.4) is 0 Å². The van der Waals surface area contributed by atoms with Gasteiger partial charge in [-0.05, 0) is 196 Å². The van der Waals surface area contributed by atoms with Gasteiger partial charge in [0.1, 0.15) is 37.9 Å². The molecule has 12 heterocycles. The van der Waals surface area contributed by atoms with Gasteiger partial charge in [-0.25, -0.2) is 24.9 Å². The number of amides is 3. The maximum absolute atomic E-state index is 12.9. The van der Waals surface area contributed by atoms with E-state index < -0.39 is 57.3 Å². The number of nitrogens with one attached hydrogen (secondary N) is 3. The van der Waals surface area contributed by atoms with Crippen molar-refractivity contribution in [2.75, 3.05) is 70.3 Å². The number of ether oxygens (including phenoxy) is 4. The zero-order valence-corrected chi connectivity index (χ0v) is 82.7. The average molecular weight is 1970 g/mol. The van der Waals surface area contributed by atoms with Crippen LogP contribution in [-0.2, 0) is 56.1 Å². The summed E-state index contributed by atoms with van der Waals surface area (Å²) >= 11 is 15.2. The third-order valence-corrected chi connectivity index (χ3v) is 28.2. The number of nitrogens with zero attached hydrogens (tertiary/aromatic N) is 8. The highest BCUT2D eigenvalue weighted by atomic mass is 79.9. The smallest absolute Gasteiger partial charge is 0.399 e. The van der Waals surface area contributed by atoms with Crippen LogP contribution in [0.5, 0.6) is 0 Å². The van der Waals surface area contributed by atoms with Crippen molar-refractivity contribution < 1.29 is 55.8 Å². The van der Waals surface area contributed by atoms with Crippen molar-refractivity contribution in [3.63, 3.8) is 0 Å². The van der Waals surface area contributed by atoms with Gasteiger partial charge in [-0.1, -0.05) is 108 Å². The van der Waals surface area contributed by atoms with Gasteiger partial charge in [0.2, 0.25) is 41.1 Å². The van der Waals surface area contributed by atoms with Crippen LogP contribution in [-0.4, -0.2) is 171 Å². The molecule has 0 aromatic carbocycles. The third kappa shape index (κ3) is 41.8. The normalized spacial score (nSPS) is 16.7. The molecule has 122 heavy (non-hydrogen) atoms. The molecular weight excluding hydrogens is 1850 g/mol. The number of aromatic nitrogens is 8. The summed E-state index contributed by atoms with van der Waals surface area (Å²) in [5.74, 6) is 0.915. The second kappa shape index (κ2) is 51.4. The predicted octanol–water partition coefficient (Wildman–Crippen LogP) is 16.8. The molecular formula is C85H123BBr3ClF3N13O12Si4. The van der Waals surface area contributed by atoms with E-state index in [4.69, 9.17) is 51.3 Å². The first-order valence-electron chi connectivity index (χ1n) is 40.6. The number of nitrogens with two attached hydrogens (primary N) is 2. The van der Waals surface area contributed by atoms with Gasteiger partial charge < -0.3 is 60.2 Å². The number of pyridine rings is 8. The molecule has 0 bridgehead atoms. The second-order valence-electron chi connectivity index (χ2n) is 35.5. The molecule has 8 aromatic heterocycles. The fraction of sp³-hybridized carbons (Fsp3) is 0.494. The predicted molar refractivity (Wildman–Crippen MR) is 502 cm³/mol. The number of nitrogen functional groups attached to an aromatic ring is 2. The summed E-state index contributed by atoms with van der Waals surface area (Å²) in [4.78, 5) is 90.9. The second-order valence-corrected chi connectivity index (χ2v) is 60.9. The number of aromatic amines is 1. The number of rotatable bonds is 24. The van der Waals surface area contributed by atoms with Crippen molar-refractivity contribution in [2.24, 2.45) is 0 Å². The lowest BCUT2D eigenvalue weighted by molar-refractivity contribution is -0.139. The van der Waals surface area contributed by atoms with Crippen LogP contribution in [0.15, 0.2) is 168 Å². The van der Waals surface area contributed by atoms with E-state index in [-0.39, 0.29) is 58.3 Å². The first-order chi connectivity index (χ1) is 57.2. The van der Waals surface area contributed by atoms with E-state index in [0.29, 0.717) is 95.1 Å². The largest absolute Gasteiger partial charge is 0.496 e. The standard InChI is InChI=1S/C16H25FN2O2Si.C16H21FN2O2Si.C11H15BFNO2.C11H18BrNO2Si.C10H12BrN3O.C10H13N3O.C6H15ClOSi.C5H4BrNO/c2*1-22(2,3)9-8-21-12-19-11-14(5-7-16(19)20)13-4-6-15(17)18-10-13;1-10(2)11(3,4)16-12(15-10)8-5-6-9(13)14-7-8;1-16(2,3)7-6-15-9-13-8-10(12)4-5-11(13)14;11-8-3-7(5-14-10(8)12)6-1-2-9(15)13-4-6;11-9-3-1-7(5-12-9)8-2-4-10(14)13-6-8;1-9(2,3)5-4-8-6-7;6-4-1-2-5(8)7-3-4/h4,6,10,14H,5,7-9,11-12H2,1-3H3;4-7,10-11H,8-9,12H2,1-3H3;5-7H,1-4H3;4-5,8H,6-7,9H2,1-3H3;3,5-6H,1-2,4H2,(H2,12,14)(H,13,15);1,3,5,8H,2,4,6H2,(H2,11,12)(H,13,14);4-6H2,1-3H3;1-3H,(H,7,8). The Hall–Kier alpha value is -7.18. The van der Waals surface area contributed by atoms with Crippen LogP contribution in [0.4, 0.5) is 24.8 Å². The molecule has 7 N–H and O–H groups in total. The molecule has 4 fully saturated rings. The van der Waals surface area contributed by atoms with E-state index in [1.807, 2.05) is 39.8 Å². The number of halogens is 7. The Labute approximate surface area is 750 Å². The summed E-state index contributed by atoms with van der Waals surface area (Å²) in [6, 6.07) is 29.2. The molecule has 25 nitrogen and oxygen atoms in total. The lowest BCUT2D eigenvalue weighted by atomic mass is 9.80. The highest BCUT2D eigenvalue weighted by Gasteiger charge is 2.52. The molecule has 4 aliphatic rings. The lowest BCUT2D eigenvalue weighted by Crippen LogP contribution is -2.41. The highest BCUT2D eigenvalue weighted by Crippen LogP contribution is 2.37.